The first-order chi connectivity index (χ1) is 7.15. The largest absolute Gasteiger partial charge is 0.398 e. The van der Waals surface area contributed by atoms with Crippen molar-refractivity contribution in [2.24, 2.45) is 0 Å². The Bertz CT molecular complexity index is 390. The maximum atomic E-state index is 12.4. The summed E-state index contributed by atoms with van der Waals surface area (Å²) in [7, 11) is 0. The van der Waals surface area contributed by atoms with E-state index in [1.807, 2.05) is 6.92 Å². The molecule has 4 heteroatoms. The van der Waals surface area contributed by atoms with Gasteiger partial charge in [-0.05, 0) is 55.5 Å². The van der Waals surface area contributed by atoms with Gasteiger partial charge < -0.3 is 5.73 Å². The molecule has 0 radical (unpaired) electrons. The van der Waals surface area contributed by atoms with Crippen LogP contribution in [0, 0.1) is 27.7 Å². The summed E-state index contributed by atoms with van der Waals surface area (Å²) in [4.78, 5) is 0. The SMILES string of the molecule is Cc1c(C)c(N)c(C)c(CC(F)(F)F)c1C. The summed E-state index contributed by atoms with van der Waals surface area (Å²) < 4.78 is 37.3. The normalized spacial score (nSPS) is 11.9. The Hall–Kier alpha value is -1.19. The minimum Gasteiger partial charge on any atom is -0.398 e. The number of nitrogens with two attached hydrogens (primary N) is 1. The summed E-state index contributed by atoms with van der Waals surface area (Å²) in [5.74, 6) is 0. The van der Waals surface area contributed by atoms with Crippen LogP contribution in [0.25, 0.3) is 0 Å². The van der Waals surface area contributed by atoms with E-state index in [0.29, 0.717) is 22.4 Å². The Labute approximate surface area is 93.5 Å². The molecule has 16 heavy (non-hydrogen) atoms. The average molecular weight is 231 g/mol. The molecule has 0 amide bonds. The highest BCUT2D eigenvalue weighted by molar-refractivity contribution is 5.62. The van der Waals surface area contributed by atoms with Crippen molar-refractivity contribution in [2.75, 3.05) is 5.73 Å². The molecule has 2 N–H and O–H groups in total. The van der Waals surface area contributed by atoms with E-state index in [1.54, 1.807) is 20.8 Å². The van der Waals surface area contributed by atoms with Gasteiger partial charge in [-0.2, -0.15) is 13.2 Å². The molecule has 0 aliphatic heterocycles. The number of hydrogen-bond donors (Lipinski definition) is 1. The van der Waals surface area contributed by atoms with E-state index >= 15 is 0 Å². The second kappa shape index (κ2) is 4.00. The molecule has 0 saturated carbocycles. The molecule has 0 spiro atoms. The maximum Gasteiger partial charge on any atom is 0.393 e. The summed E-state index contributed by atoms with van der Waals surface area (Å²) in [6, 6.07) is 0. The molecule has 0 heterocycles. The van der Waals surface area contributed by atoms with Crippen LogP contribution in [0.2, 0.25) is 0 Å². The Kier molecular flexibility index (Phi) is 3.22. The minimum atomic E-state index is -4.19. The fraction of sp³-hybridized carbons (Fsp3) is 0.500. The second-order valence-corrected chi connectivity index (χ2v) is 4.18. The lowest BCUT2D eigenvalue weighted by molar-refractivity contribution is -0.127. The van der Waals surface area contributed by atoms with Gasteiger partial charge in [-0.1, -0.05) is 0 Å². The molecule has 0 aliphatic rings. The third-order valence-corrected chi connectivity index (χ3v) is 3.22. The predicted octanol–water partition coefficient (Wildman–Crippen LogP) is 3.61. The molecule has 0 aromatic heterocycles. The second-order valence-electron chi connectivity index (χ2n) is 4.18. The van der Waals surface area contributed by atoms with E-state index in [2.05, 4.69) is 0 Å². The van der Waals surface area contributed by atoms with Crippen molar-refractivity contribution in [1.29, 1.82) is 0 Å². The van der Waals surface area contributed by atoms with Gasteiger partial charge in [0.1, 0.15) is 0 Å². The quantitative estimate of drug-likeness (QED) is 0.734. The van der Waals surface area contributed by atoms with E-state index in [0.717, 1.165) is 11.1 Å². The van der Waals surface area contributed by atoms with Crippen LogP contribution in [0.4, 0.5) is 18.9 Å². The van der Waals surface area contributed by atoms with Crippen molar-refractivity contribution in [3.8, 4) is 0 Å². The van der Waals surface area contributed by atoms with Crippen LogP contribution in [0.5, 0.6) is 0 Å². The number of halogens is 3. The number of hydrogen-bond acceptors (Lipinski definition) is 1. The number of alkyl halides is 3. The minimum absolute atomic E-state index is 0.313. The number of benzene rings is 1. The van der Waals surface area contributed by atoms with Gasteiger partial charge in [-0.3, -0.25) is 0 Å². The van der Waals surface area contributed by atoms with Crippen molar-refractivity contribution >= 4 is 5.69 Å². The van der Waals surface area contributed by atoms with Crippen LogP contribution in [0.1, 0.15) is 27.8 Å². The fourth-order valence-corrected chi connectivity index (χ4v) is 1.90. The summed E-state index contributed by atoms with van der Waals surface area (Å²) >= 11 is 0. The van der Waals surface area contributed by atoms with Gasteiger partial charge in [0.05, 0.1) is 6.42 Å². The molecule has 0 bridgehead atoms. The van der Waals surface area contributed by atoms with E-state index < -0.39 is 12.6 Å². The number of rotatable bonds is 1. The highest BCUT2D eigenvalue weighted by atomic mass is 19.4. The zero-order valence-electron chi connectivity index (χ0n) is 9.92. The first-order valence-electron chi connectivity index (χ1n) is 5.06. The van der Waals surface area contributed by atoms with Crippen LogP contribution < -0.4 is 5.73 Å². The lowest BCUT2D eigenvalue weighted by Crippen LogP contribution is -2.15. The molecule has 90 valence electrons. The highest BCUT2D eigenvalue weighted by Crippen LogP contribution is 2.32. The topological polar surface area (TPSA) is 26.0 Å². The van der Waals surface area contributed by atoms with Crippen molar-refractivity contribution in [1.82, 2.24) is 0 Å². The highest BCUT2D eigenvalue weighted by Gasteiger charge is 2.30. The van der Waals surface area contributed by atoms with Gasteiger partial charge in [0.25, 0.3) is 0 Å². The molecule has 0 unspecified atom stereocenters. The van der Waals surface area contributed by atoms with Gasteiger partial charge in [0, 0.05) is 5.69 Å². The molecule has 1 rings (SSSR count). The molecule has 0 fully saturated rings. The Balaban J connectivity index is 3.40. The fourth-order valence-electron chi connectivity index (χ4n) is 1.90. The third-order valence-electron chi connectivity index (χ3n) is 3.22. The average Bonchev–Trinajstić information content (AvgIpc) is 2.17. The lowest BCUT2D eigenvalue weighted by atomic mass is 9.90. The van der Waals surface area contributed by atoms with E-state index in [1.165, 1.54) is 0 Å². The van der Waals surface area contributed by atoms with Crippen molar-refractivity contribution in [3.05, 3.63) is 27.8 Å². The van der Waals surface area contributed by atoms with Crippen LogP contribution in [0.3, 0.4) is 0 Å². The molecule has 1 nitrogen and oxygen atoms in total. The summed E-state index contributed by atoms with van der Waals surface area (Å²) in [6.07, 6.45) is -5.10. The smallest absolute Gasteiger partial charge is 0.393 e. The van der Waals surface area contributed by atoms with Crippen LogP contribution in [-0.2, 0) is 6.42 Å². The van der Waals surface area contributed by atoms with E-state index in [9.17, 15) is 13.2 Å². The monoisotopic (exact) mass is 231 g/mol. The van der Waals surface area contributed by atoms with Crippen molar-refractivity contribution in [2.45, 2.75) is 40.3 Å². The predicted molar refractivity (Wildman–Crippen MR) is 59.6 cm³/mol. The zero-order valence-corrected chi connectivity index (χ0v) is 9.92. The zero-order chi connectivity index (χ0) is 12.7. The number of nitrogen functional groups attached to an aromatic ring is 1. The van der Waals surface area contributed by atoms with Gasteiger partial charge >= 0.3 is 6.18 Å². The summed E-state index contributed by atoms with van der Waals surface area (Å²) in [5, 5.41) is 0. The van der Waals surface area contributed by atoms with Gasteiger partial charge in [-0.15, -0.1) is 0 Å². The standard InChI is InChI=1S/C12H16F3N/c1-6-7(2)10(5-12(13,14)15)9(4)11(16)8(6)3/h5,16H2,1-4H3. The Morgan fingerprint density at radius 2 is 1.38 bits per heavy atom. The Morgan fingerprint density at radius 1 is 0.875 bits per heavy atom. The summed E-state index contributed by atoms with van der Waals surface area (Å²) in [6.45, 7) is 7.01. The first-order valence-corrected chi connectivity index (χ1v) is 5.06. The molecule has 0 atom stereocenters. The first kappa shape index (κ1) is 12.9. The van der Waals surface area contributed by atoms with Crippen LogP contribution >= 0.6 is 0 Å². The molecule has 1 aromatic carbocycles. The molecular weight excluding hydrogens is 215 g/mol. The van der Waals surface area contributed by atoms with Crippen LogP contribution in [0.15, 0.2) is 0 Å². The molecule has 1 aromatic rings. The third kappa shape index (κ3) is 2.31. The number of anilines is 1. The van der Waals surface area contributed by atoms with Gasteiger partial charge in [0.15, 0.2) is 0 Å². The maximum absolute atomic E-state index is 12.4. The van der Waals surface area contributed by atoms with Crippen molar-refractivity contribution in [3.63, 3.8) is 0 Å². The molecule has 0 saturated heterocycles. The molecular formula is C12H16F3N. The van der Waals surface area contributed by atoms with Gasteiger partial charge in [-0.25, -0.2) is 0 Å². The lowest BCUT2D eigenvalue weighted by Gasteiger charge is -2.19. The van der Waals surface area contributed by atoms with Gasteiger partial charge in [0.2, 0.25) is 0 Å². The Morgan fingerprint density at radius 3 is 1.81 bits per heavy atom. The summed E-state index contributed by atoms with van der Waals surface area (Å²) in [5.41, 5.74) is 9.57. The van der Waals surface area contributed by atoms with E-state index in [4.69, 9.17) is 5.73 Å². The molecule has 0 aliphatic carbocycles. The van der Waals surface area contributed by atoms with E-state index in [-0.39, 0.29) is 0 Å². The van der Waals surface area contributed by atoms with Crippen LogP contribution in [-0.4, -0.2) is 6.18 Å². The van der Waals surface area contributed by atoms with Crippen molar-refractivity contribution < 1.29 is 13.2 Å².